The second-order valence-electron chi connectivity index (χ2n) is 3.30. The molecule has 0 bridgehead atoms. The van der Waals surface area contributed by atoms with Crippen molar-refractivity contribution in [2.75, 3.05) is 6.54 Å². The zero-order valence-electron chi connectivity index (χ0n) is 9.23. The molecule has 96 valence electrons. The van der Waals surface area contributed by atoms with E-state index in [1.54, 1.807) is 0 Å². The summed E-state index contributed by atoms with van der Waals surface area (Å²) < 4.78 is 0. The average molecular weight is 246 g/mol. The first-order valence-electron chi connectivity index (χ1n) is 4.81. The summed E-state index contributed by atoms with van der Waals surface area (Å²) in [5, 5.41) is 21.4. The van der Waals surface area contributed by atoms with Crippen LogP contribution in [-0.4, -0.2) is 46.6 Å². The molecule has 17 heavy (non-hydrogen) atoms. The van der Waals surface area contributed by atoms with Crippen LogP contribution < -0.4 is 10.6 Å². The Labute approximate surface area is 97.0 Å². The number of amides is 2. The van der Waals surface area contributed by atoms with Crippen molar-refractivity contribution in [1.82, 2.24) is 10.6 Å². The molecule has 0 aliphatic heterocycles. The van der Waals surface area contributed by atoms with Gasteiger partial charge in [0.05, 0.1) is 6.54 Å². The topological polar surface area (TPSA) is 133 Å². The van der Waals surface area contributed by atoms with Crippen LogP contribution in [0.2, 0.25) is 0 Å². The largest absolute Gasteiger partial charge is 0.481 e. The number of carboxylic acids is 2. The zero-order chi connectivity index (χ0) is 13.4. The van der Waals surface area contributed by atoms with E-state index in [-0.39, 0.29) is 19.4 Å². The Bertz CT molecular complexity index is 327. The van der Waals surface area contributed by atoms with Crippen molar-refractivity contribution in [1.29, 1.82) is 0 Å². The summed E-state index contributed by atoms with van der Waals surface area (Å²) in [6.45, 7) is 0.874. The van der Waals surface area contributed by atoms with Crippen molar-refractivity contribution in [2.45, 2.75) is 25.8 Å². The molecular formula is C9H14N2O6. The molecule has 0 fully saturated rings. The highest BCUT2D eigenvalue weighted by atomic mass is 16.4. The standard InChI is InChI=1S/C9H14N2O6/c1-5(12)10-4-7(13)11-6(9(16)17)2-3-8(14)15/h6H,2-4H2,1H3,(H,10,12)(H,11,13)(H,14,15)(H,16,17). The molecule has 0 aliphatic rings. The average Bonchev–Trinajstić information content (AvgIpc) is 2.20. The molecule has 0 saturated carbocycles. The molecule has 0 saturated heterocycles. The normalized spacial score (nSPS) is 11.4. The van der Waals surface area contributed by atoms with Crippen LogP contribution in [0.4, 0.5) is 0 Å². The fourth-order valence-electron chi connectivity index (χ4n) is 0.975. The summed E-state index contributed by atoms with van der Waals surface area (Å²) in [6.07, 6.45) is -0.576. The summed E-state index contributed by atoms with van der Waals surface area (Å²) in [7, 11) is 0. The maximum atomic E-state index is 11.2. The molecule has 4 N–H and O–H groups in total. The number of carbonyl (C=O) groups is 4. The second kappa shape index (κ2) is 7.20. The summed E-state index contributed by atoms with van der Waals surface area (Å²) in [6, 6.07) is -1.27. The van der Waals surface area contributed by atoms with Gasteiger partial charge in [0.1, 0.15) is 6.04 Å². The molecule has 1 atom stereocenters. The molecule has 0 aromatic heterocycles. The Kier molecular flexibility index (Phi) is 6.30. The van der Waals surface area contributed by atoms with Crippen molar-refractivity contribution in [3.8, 4) is 0 Å². The predicted molar refractivity (Wildman–Crippen MR) is 55.1 cm³/mol. The van der Waals surface area contributed by atoms with Gasteiger partial charge in [-0.25, -0.2) is 4.79 Å². The fourth-order valence-corrected chi connectivity index (χ4v) is 0.975. The van der Waals surface area contributed by atoms with E-state index < -0.39 is 29.8 Å². The van der Waals surface area contributed by atoms with Crippen molar-refractivity contribution in [3.05, 3.63) is 0 Å². The number of carboxylic acid groups (broad SMARTS) is 2. The number of nitrogens with one attached hydrogen (secondary N) is 2. The van der Waals surface area contributed by atoms with Gasteiger partial charge < -0.3 is 20.8 Å². The Morgan fingerprint density at radius 3 is 2.18 bits per heavy atom. The van der Waals surface area contributed by atoms with Gasteiger partial charge in [-0.15, -0.1) is 0 Å². The number of aliphatic carboxylic acids is 2. The van der Waals surface area contributed by atoms with E-state index in [0.717, 1.165) is 0 Å². The van der Waals surface area contributed by atoms with Crippen LogP contribution in [0.25, 0.3) is 0 Å². The summed E-state index contributed by atoms with van der Waals surface area (Å²) in [5.74, 6) is -3.56. The number of rotatable bonds is 7. The molecule has 0 spiro atoms. The quantitative estimate of drug-likeness (QED) is 0.434. The van der Waals surface area contributed by atoms with Crippen LogP contribution >= 0.6 is 0 Å². The number of hydrogen-bond donors (Lipinski definition) is 4. The van der Waals surface area contributed by atoms with E-state index in [1.807, 2.05) is 0 Å². The van der Waals surface area contributed by atoms with Crippen molar-refractivity contribution < 1.29 is 29.4 Å². The molecule has 0 aromatic rings. The minimum absolute atomic E-state index is 0.212. The summed E-state index contributed by atoms with van der Waals surface area (Å²) >= 11 is 0. The van der Waals surface area contributed by atoms with Gasteiger partial charge in [0.15, 0.2) is 0 Å². The minimum Gasteiger partial charge on any atom is -0.481 e. The third-order valence-electron chi connectivity index (χ3n) is 1.78. The Balaban J connectivity index is 4.15. The van der Waals surface area contributed by atoms with Crippen LogP contribution in [0.1, 0.15) is 19.8 Å². The van der Waals surface area contributed by atoms with Crippen LogP contribution in [0, 0.1) is 0 Å². The maximum absolute atomic E-state index is 11.2. The lowest BCUT2D eigenvalue weighted by Crippen LogP contribution is -2.45. The molecule has 0 rings (SSSR count). The molecule has 8 nitrogen and oxygen atoms in total. The molecule has 8 heteroatoms. The molecule has 0 aromatic carbocycles. The fraction of sp³-hybridized carbons (Fsp3) is 0.556. The van der Waals surface area contributed by atoms with Gasteiger partial charge in [0.25, 0.3) is 0 Å². The van der Waals surface area contributed by atoms with Gasteiger partial charge in [0, 0.05) is 13.3 Å². The van der Waals surface area contributed by atoms with Gasteiger partial charge >= 0.3 is 11.9 Å². The molecule has 2 amide bonds. The highest BCUT2D eigenvalue weighted by molar-refractivity contribution is 5.87. The van der Waals surface area contributed by atoms with E-state index in [4.69, 9.17) is 10.2 Å². The lowest BCUT2D eigenvalue weighted by atomic mass is 10.1. The zero-order valence-corrected chi connectivity index (χ0v) is 9.23. The van der Waals surface area contributed by atoms with Gasteiger partial charge in [0.2, 0.25) is 11.8 Å². The molecular weight excluding hydrogens is 232 g/mol. The predicted octanol–water partition coefficient (Wildman–Crippen LogP) is -1.44. The van der Waals surface area contributed by atoms with Crippen molar-refractivity contribution in [3.63, 3.8) is 0 Å². The summed E-state index contributed by atoms with van der Waals surface area (Å²) in [4.78, 5) is 42.6. The summed E-state index contributed by atoms with van der Waals surface area (Å²) in [5.41, 5.74) is 0. The molecule has 1 unspecified atom stereocenters. The van der Waals surface area contributed by atoms with E-state index in [1.165, 1.54) is 6.92 Å². The van der Waals surface area contributed by atoms with E-state index in [9.17, 15) is 19.2 Å². The maximum Gasteiger partial charge on any atom is 0.326 e. The monoisotopic (exact) mass is 246 g/mol. The van der Waals surface area contributed by atoms with Gasteiger partial charge in [-0.05, 0) is 6.42 Å². The highest BCUT2D eigenvalue weighted by Gasteiger charge is 2.20. The Morgan fingerprint density at radius 2 is 1.76 bits per heavy atom. The van der Waals surface area contributed by atoms with Gasteiger partial charge in [-0.2, -0.15) is 0 Å². The van der Waals surface area contributed by atoms with Crippen LogP contribution in [0.3, 0.4) is 0 Å². The molecule has 0 heterocycles. The van der Waals surface area contributed by atoms with E-state index in [0.29, 0.717) is 0 Å². The van der Waals surface area contributed by atoms with Crippen molar-refractivity contribution >= 4 is 23.8 Å². The number of carbonyl (C=O) groups excluding carboxylic acids is 2. The lowest BCUT2D eigenvalue weighted by molar-refractivity contribution is -0.142. The van der Waals surface area contributed by atoms with Crippen LogP contribution in [0.15, 0.2) is 0 Å². The SMILES string of the molecule is CC(=O)NCC(=O)NC(CCC(=O)O)C(=O)O. The first-order chi connectivity index (χ1) is 7.82. The van der Waals surface area contributed by atoms with Gasteiger partial charge in [-0.1, -0.05) is 0 Å². The Hall–Kier alpha value is -2.12. The first kappa shape index (κ1) is 14.9. The molecule has 0 radical (unpaired) electrons. The first-order valence-corrected chi connectivity index (χ1v) is 4.81. The molecule has 0 aliphatic carbocycles. The van der Waals surface area contributed by atoms with E-state index >= 15 is 0 Å². The van der Waals surface area contributed by atoms with Gasteiger partial charge in [-0.3, -0.25) is 14.4 Å². The van der Waals surface area contributed by atoms with Crippen molar-refractivity contribution in [2.24, 2.45) is 0 Å². The third kappa shape index (κ3) is 7.77. The highest BCUT2D eigenvalue weighted by Crippen LogP contribution is 1.97. The lowest BCUT2D eigenvalue weighted by Gasteiger charge is -2.13. The van der Waals surface area contributed by atoms with Crippen LogP contribution in [0.5, 0.6) is 0 Å². The smallest absolute Gasteiger partial charge is 0.326 e. The number of hydrogen-bond acceptors (Lipinski definition) is 4. The third-order valence-corrected chi connectivity index (χ3v) is 1.78. The Morgan fingerprint density at radius 1 is 1.18 bits per heavy atom. The van der Waals surface area contributed by atoms with Crippen LogP contribution in [-0.2, 0) is 19.2 Å². The van der Waals surface area contributed by atoms with E-state index in [2.05, 4.69) is 10.6 Å². The minimum atomic E-state index is -1.32. The second-order valence-corrected chi connectivity index (χ2v) is 3.30.